The molecule has 0 radical (unpaired) electrons. The maximum atomic E-state index is 13.7. The van der Waals surface area contributed by atoms with Crippen LogP contribution in [0.1, 0.15) is 23.2 Å². The minimum absolute atomic E-state index is 0.130. The number of carbonyl (C=O) groups excluding carboxylic acids is 2. The third-order valence-electron chi connectivity index (χ3n) is 5.92. The summed E-state index contributed by atoms with van der Waals surface area (Å²) in [6.07, 6.45) is 1.07. The Balaban J connectivity index is 1.37. The van der Waals surface area contributed by atoms with Crippen LogP contribution in [0.4, 0.5) is 9.52 Å². The van der Waals surface area contributed by atoms with Crippen molar-refractivity contribution < 1.29 is 28.2 Å². The van der Waals surface area contributed by atoms with Gasteiger partial charge in [0.2, 0.25) is 5.91 Å². The van der Waals surface area contributed by atoms with E-state index < -0.39 is 5.82 Å². The molecule has 1 aliphatic rings. The first-order valence-corrected chi connectivity index (χ1v) is 11.9. The Morgan fingerprint density at radius 2 is 1.71 bits per heavy atom. The van der Waals surface area contributed by atoms with Crippen molar-refractivity contribution >= 4 is 28.3 Å². The summed E-state index contributed by atoms with van der Waals surface area (Å²) >= 11 is 1.26. The molecule has 1 fully saturated rings. The molecule has 1 aliphatic heterocycles. The maximum Gasteiger partial charge on any atom is 0.254 e. The van der Waals surface area contributed by atoms with Gasteiger partial charge in [-0.25, -0.2) is 9.37 Å². The van der Waals surface area contributed by atoms with Crippen LogP contribution in [0.5, 0.6) is 17.2 Å². The van der Waals surface area contributed by atoms with Crippen LogP contribution in [-0.4, -0.2) is 56.1 Å². The van der Waals surface area contributed by atoms with E-state index in [-0.39, 0.29) is 17.7 Å². The molecule has 184 valence electrons. The lowest BCUT2D eigenvalue weighted by Crippen LogP contribution is -2.41. The van der Waals surface area contributed by atoms with Gasteiger partial charge in [0.15, 0.2) is 5.13 Å². The highest BCUT2D eigenvalue weighted by Crippen LogP contribution is 2.33. The van der Waals surface area contributed by atoms with Gasteiger partial charge in [-0.2, -0.15) is 0 Å². The molecule has 3 aromatic rings. The normalized spacial score (nSPS) is 13.9. The number of nitrogens with zero attached hydrogens (tertiary/aromatic N) is 2. The quantitative estimate of drug-likeness (QED) is 0.516. The average molecular weight is 500 g/mol. The summed E-state index contributed by atoms with van der Waals surface area (Å²) in [5, 5.41) is 5.03. The molecule has 0 spiro atoms. The van der Waals surface area contributed by atoms with E-state index in [1.807, 2.05) is 0 Å². The number of hydrogen-bond donors (Lipinski definition) is 1. The van der Waals surface area contributed by atoms with Gasteiger partial charge in [-0.05, 0) is 43.2 Å². The number of anilines is 1. The number of benzene rings is 2. The fourth-order valence-corrected chi connectivity index (χ4v) is 4.71. The summed E-state index contributed by atoms with van der Waals surface area (Å²) in [5.74, 6) is 0.673. The minimum atomic E-state index is -0.395. The van der Waals surface area contributed by atoms with Crippen molar-refractivity contribution in [1.29, 1.82) is 0 Å². The number of aromatic nitrogens is 1. The third kappa shape index (κ3) is 5.54. The van der Waals surface area contributed by atoms with Crippen LogP contribution in [0.3, 0.4) is 0 Å². The number of halogens is 1. The van der Waals surface area contributed by atoms with Gasteiger partial charge in [-0.15, -0.1) is 11.3 Å². The van der Waals surface area contributed by atoms with Crippen LogP contribution in [-0.2, 0) is 4.79 Å². The Morgan fingerprint density at radius 1 is 1.03 bits per heavy atom. The van der Waals surface area contributed by atoms with E-state index in [0.717, 1.165) is 0 Å². The Morgan fingerprint density at radius 3 is 2.34 bits per heavy atom. The van der Waals surface area contributed by atoms with Crippen molar-refractivity contribution in [1.82, 2.24) is 9.88 Å². The van der Waals surface area contributed by atoms with Gasteiger partial charge in [0.05, 0.1) is 27.0 Å². The SMILES string of the molecule is COc1cc(OC)cc(C(=O)N2CCC(C(=O)Nc3nc(-c4cc(F)ccc4OC)cs3)CC2)c1. The van der Waals surface area contributed by atoms with Gasteiger partial charge in [0.25, 0.3) is 5.91 Å². The largest absolute Gasteiger partial charge is 0.497 e. The van der Waals surface area contributed by atoms with Gasteiger partial charge in [0.1, 0.15) is 23.1 Å². The van der Waals surface area contributed by atoms with Gasteiger partial charge in [-0.3, -0.25) is 9.59 Å². The van der Waals surface area contributed by atoms with E-state index in [0.29, 0.717) is 65.1 Å². The van der Waals surface area contributed by atoms with Crippen LogP contribution >= 0.6 is 11.3 Å². The molecule has 0 saturated carbocycles. The second kappa shape index (κ2) is 10.7. The number of piperidine rings is 1. The second-order valence-electron chi connectivity index (χ2n) is 8.04. The molecule has 2 heterocycles. The highest BCUT2D eigenvalue weighted by Gasteiger charge is 2.29. The first kappa shape index (κ1) is 24.5. The summed E-state index contributed by atoms with van der Waals surface area (Å²) in [7, 11) is 4.58. The summed E-state index contributed by atoms with van der Waals surface area (Å²) in [6.45, 7) is 0.917. The molecular weight excluding hydrogens is 473 g/mol. The molecule has 0 unspecified atom stereocenters. The average Bonchev–Trinajstić information content (AvgIpc) is 3.36. The lowest BCUT2D eigenvalue weighted by molar-refractivity contribution is -0.121. The fourth-order valence-electron chi connectivity index (χ4n) is 4.00. The van der Waals surface area contributed by atoms with Crippen LogP contribution in [0, 0.1) is 11.7 Å². The van der Waals surface area contributed by atoms with Gasteiger partial charge < -0.3 is 24.4 Å². The molecule has 0 atom stereocenters. The van der Waals surface area contributed by atoms with Crippen LogP contribution in [0.15, 0.2) is 41.8 Å². The maximum absolute atomic E-state index is 13.7. The molecule has 1 saturated heterocycles. The van der Waals surface area contributed by atoms with E-state index >= 15 is 0 Å². The Bertz CT molecular complexity index is 1200. The zero-order valence-electron chi connectivity index (χ0n) is 19.7. The van der Waals surface area contributed by atoms with Crippen molar-refractivity contribution in [2.24, 2.45) is 5.92 Å². The summed E-state index contributed by atoms with van der Waals surface area (Å²) < 4.78 is 29.5. The monoisotopic (exact) mass is 499 g/mol. The number of hydrogen-bond acceptors (Lipinski definition) is 7. The number of carbonyl (C=O) groups is 2. The van der Waals surface area contributed by atoms with Crippen LogP contribution < -0.4 is 19.5 Å². The molecule has 35 heavy (non-hydrogen) atoms. The molecule has 10 heteroatoms. The first-order valence-electron chi connectivity index (χ1n) is 11.0. The predicted octanol–water partition coefficient (Wildman–Crippen LogP) is 4.47. The van der Waals surface area contributed by atoms with E-state index in [1.165, 1.54) is 44.8 Å². The topological polar surface area (TPSA) is 90.0 Å². The molecule has 2 aromatic carbocycles. The van der Waals surface area contributed by atoms with Gasteiger partial charge in [0, 0.05) is 41.6 Å². The number of methoxy groups -OCH3 is 3. The molecule has 1 aromatic heterocycles. The summed E-state index contributed by atoms with van der Waals surface area (Å²) in [5.41, 5.74) is 1.52. The van der Waals surface area contributed by atoms with Gasteiger partial charge >= 0.3 is 0 Å². The fraction of sp³-hybridized carbons (Fsp3) is 0.320. The number of amides is 2. The van der Waals surface area contributed by atoms with Crippen LogP contribution in [0.25, 0.3) is 11.3 Å². The lowest BCUT2D eigenvalue weighted by atomic mass is 9.95. The smallest absolute Gasteiger partial charge is 0.254 e. The Labute approximate surface area is 206 Å². The number of thiazole rings is 1. The van der Waals surface area contributed by atoms with Crippen molar-refractivity contribution in [2.45, 2.75) is 12.8 Å². The van der Waals surface area contributed by atoms with Crippen molar-refractivity contribution in [3.05, 3.63) is 53.2 Å². The van der Waals surface area contributed by atoms with E-state index in [1.54, 1.807) is 34.5 Å². The molecule has 8 nitrogen and oxygen atoms in total. The molecule has 4 rings (SSSR count). The number of rotatable bonds is 7. The standard InChI is InChI=1S/C25H26FN3O5S/c1-32-18-10-16(11-19(13-18)33-2)24(31)29-8-6-15(7-9-29)23(30)28-25-27-21(14-35-25)20-12-17(26)4-5-22(20)34-3/h4-5,10-15H,6-9H2,1-3H3,(H,27,28,30). The van der Waals surface area contributed by atoms with Crippen LogP contribution in [0.2, 0.25) is 0 Å². The first-order chi connectivity index (χ1) is 16.9. The zero-order valence-corrected chi connectivity index (χ0v) is 20.5. The highest BCUT2D eigenvalue weighted by molar-refractivity contribution is 7.14. The Hall–Kier alpha value is -3.66. The van der Waals surface area contributed by atoms with Crippen molar-refractivity contribution in [3.63, 3.8) is 0 Å². The van der Waals surface area contributed by atoms with E-state index in [4.69, 9.17) is 14.2 Å². The third-order valence-corrected chi connectivity index (χ3v) is 6.68. The molecule has 1 N–H and O–H groups in total. The predicted molar refractivity (Wildman–Crippen MR) is 131 cm³/mol. The Kier molecular flexibility index (Phi) is 7.50. The molecular formula is C25H26FN3O5S. The van der Waals surface area contributed by atoms with E-state index in [2.05, 4.69) is 10.3 Å². The second-order valence-corrected chi connectivity index (χ2v) is 8.90. The lowest BCUT2D eigenvalue weighted by Gasteiger charge is -2.31. The van der Waals surface area contributed by atoms with E-state index in [9.17, 15) is 14.0 Å². The summed E-state index contributed by atoms with van der Waals surface area (Å²) in [4.78, 5) is 32.0. The number of nitrogens with one attached hydrogen (secondary N) is 1. The number of ether oxygens (including phenoxy) is 3. The van der Waals surface area contributed by atoms with Gasteiger partial charge in [-0.1, -0.05) is 0 Å². The highest BCUT2D eigenvalue weighted by atomic mass is 32.1. The molecule has 0 aliphatic carbocycles. The van der Waals surface area contributed by atoms with Crippen molar-refractivity contribution in [2.75, 3.05) is 39.7 Å². The zero-order chi connectivity index (χ0) is 24.9. The summed E-state index contributed by atoms with van der Waals surface area (Å²) in [6, 6.07) is 9.28. The van der Waals surface area contributed by atoms with Crippen molar-refractivity contribution in [3.8, 4) is 28.5 Å². The molecule has 0 bridgehead atoms. The minimum Gasteiger partial charge on any atom is -0.497 e. The number of likely N-dealkylation sites (tertiary alicyclic amines) is 1. The molecule has 2 amide bonds.